The van der Waals surface area contributed by atoms with E-state index in [9.17, 15) is 23.9 Å². The molecule has 4 nitrogen and oxygen atoms in total. The first-order chi connectivity index (χ1) is 20.0. The van der Waals surface area contributed by atoms with E-state index in [1.165, 1.54) is 47.5 Å². The van der Waals surface area contributed by atoms with Crippen LogP contribution in [0.15, 0.2) is 66.7 Å². The Morgan fingerprint density at radius 3 is 2.36 bits per heavy atom. The number of aliphatic hydroxyl groups excluding tert-OH is 1. The number of aryl methyl sites for hydroxylation is 1. The lowest BCUT2D eigenvalue weighted by Crippen LogP contribution is -2.47. The molecule has 3 aromatic carbocycles. The zero-order valence-electron chi connectivity index (χ0n) is 25.6. The Bertz CT molecular complexity index is 1330. The molecule has 6 heteroatoms. The number of ketones is 1. The minimum atomic E-state index is -2.88. The second-order valence-electron chi connectivity index (χ2n) is 11.9. The number of piperidine rings is 1. The Kier molecular flexibility index (Phi) is 12.2. The van der Waals surface area contributed by atoms with Crippen molar-refractivity contribution < 1.29 is 18.7 Å². The number of nitrogens with zero attached hydrogens (tertiary/aromatic N) is 2. The summed E-state index contributed by atoms with van der Waals surface area (Å²) in [4.78, 5) is 13.5. The minimum Gasteiger partial charge on any atom is -0.396 e. The number of Topliss-reactive ketones (excluding diaryl/α,β-unsaturated/α-hetero) is 1. The van der Waals surface area contributed by atoms with E-state index in [-0.39, 0.29) is 23.4 Å². The Hall–Kier alpha value is -3.14. The molecule has 1 aliphatic rings. The molecule has 0 aliphatic carbocycles. The van der Waals surface area contributed by atoms with Crippen molar-refractivity contribution in [2.75, 3.05) is 19.7 Å². The van der Waals surface area contributed by atoms with Gasteiger partial charge in [0.25, 0.3) is 5.92 Å². The van der Waals surface area contributed by atoms with Gasteiger partial charge in [0.15, 0.2) is 5.78 Å². The van der Waals surface area contributed by atoms with Crippen molar-refractivity contribution in [3.8, 4) is 6.07 Å². The van der Waals surface area contributed by atoms with Crippen LogP contribution in [0.1, 0.15) is 87.7 Å². The van der Waals surface area contributed by atoms with Crippen molar-refractivity contribution in [1.29, 1.82) is 5.26 Å². The van der Waals surface area contributed by atoms with Crippen molar-refractivity contribution in [1.82, 2.24) is 4.90 Å². The van der Waals surface area contributed by atoms with Crippen LogP contribution in [0.3, 0.4) is 0 Å². The van der Waals surface area contributed by atoms with Crippen molar-refractivity contribution in [3.63, 3.8) is 0 Å². The smallest absolute Gasteiger partial charge is 0.270 e. The summed E-state index contributed by atoms with van der Waals surface area (Å²) >= 11 is 0. The third-order valence-corrected chi connectivity index (χ3v) is 8.98. The van der Waals surface area contributed by atoms with Crippen LogP contribution in [0.4, 0.5) is 8.78 Å². The molecule has 1 heterocycles. The summed E-state index contributed by atoms with van der Waals surface area (Å²) in [6, 6.07) is 23.9. The molecule has 1 N–H and O–H groups in total. The van der Waals surface area contributed by atoms with Crippen LogP contribution in [0, 0.1) is 22.7 Å². The van der Waals surface area contributed by atoms with Crippen molar-refractivity contribution >= 4 is 16.6 Å². The number of carbonyl (C=O) groups is 1. The molecule has 3 aromatic rings. The Balaban J connectivity index is 0.000000312. The highest BCUT2D eigenvalue weighted by atomic mass is 19.3. The zero-order chi connectivity index (χ0) is 30.8. The lowest BCUT2D eigenvalue weighted by atomic mass is 9.76. The molecule has 4 rings (SSSR count). The molecule has 0 saturated carbocycles. The molecule has 0 radical (unpaired) electrons. The third-order valence-electron chi connectivity index (χ3n) is 8.98. The van der Waals surface area contributed by atoms with Gasteiger partial charge >= 0.3 is 0 Å². The number of benzene rings is 3. The van der Waals surface area contributed by atoms with Crippen LogP contribution in [-0.4, -0.2) is 41.5 Å². The van der Waals surface area contributed by atoms with E-state index in [1.807, 2.05) is 0 Å². The van der Waals surface area contributed by atoms with E-state index in [2.05, 4.69) is 67.3 Å². The summed E-state index contributed by atoms with van der Waals surface area (Å²) in [5.74, 6) is -2.52. The largest absolute Gasteiger partial charge is 0.396 e. The summed E-state index contributed by atoms with van der Waals surface area (Å²) in [7, 11) is 0. The second kappa shape index (κ2) is 15.4. The summed E-state index contributed by atoms with van der Waals surface area (Å²) in [6.45, 7) is 8.97. The van der Waals surface area contributed by atoms with Gasteiger partial charge in [0.05, 0.1) is 11.5 Å². The van der Waals surface area contributed by atoms with Crippen molar-refractivity contribution in [2.24, 2.45) is 11.3 Å². The average Bonchev–Trinajstić information content (AvgIpc) is 3.00. The first-order valence-electron chi connectivity index (χ1n) is 15.3. The number of likely N-dealkylation sites (tertiary alicyclic amines) is 1. The molecule has 0 aromatic heterocycles. The van der Waals surface area contributed by atoms with Crippen LogP contribution >= 0.6 is 0 Å². The quantitative estimate of drug-likeness (QED) is 0.232. The summed E-state index contributed by atoms with van der Waals surface area (Å²) in [5, 5.41) is 21.7. The maximum Gasteiger partial charge on any atom is 0.270 e. The van der Waals surface area contributed by atoms with Gasteiger partial charge in [-0.25, -0.2) is 8.78 Å². The topological polar surface area (TPSA) is 64.3 Å². The second-order valence-corrected chi connectivity index (χ2v) is 11.9. The first kappa shape index (κ1) is 33.4. The number of carbonyl (C=O) groups excluding carboxylic acids is 1. The number of halogens is 2. The summed E-state index contributed by atoms with van der Waals surface area (Å²) in [6.07, 6.45) is 7.04. The molecule has 226 valence electrons. The van der Waals surface area contributed by atoms with Crippen LogP contribution in [-0.2, 0) is 12.3 Å². The van der Waals surface area contributed by atoms with E-state index in [1.54, 1.807) is 0 Å². The van der Waals surface area contributed by atoms with E-state index in [0.29, 0.717) is 17.5 Å². The van der Waals surface area contributed by atoms with Gasteiger partial charge in [-0.05, 0) is 93.3 Å². The molecule has 42 heavy (non-hydrogen) atoms. The number of nitriles is 1. The lowest BCUT2D eigenvalue weighted by Gasteiger charge is -2.43. The highest BCUT2D eigenvalue weighted by Crippen LogP contribution is 2.36. The SMILES string of the molecule is CC(=O)c1cccc(C(C)(F)F)c1.CCC1(C#N)CCN(C(CCCO)C(C)CCc2cccc3ccccc23)CC1. The van der Waals surface area contributed by atoms with Crippen LogP contribution in [0.2, 0.25) is 0 Å². The monoisotopic (exact) mass is 576 g/mol. The predicted molar refractivity (Wildman–Crippen MR) is 167 cm³/mol. The highest BCUT2D eigenvalue weighted by molar-refractivity contribution is 5.94. The molecule has 1 aliphatic heterocycles. The Morgan fingerprint density at radius 1 is 1.07 bits per heavy atom. The zero-order valence-corrected chi connectivity index (χ0v) is 25.6. The average molecular weight is 577 g/mol. The van der Waals surface area contributed by atoms with Gasteiger partial charge in [-0.3, -0.25) is 4.79 Å². The van der Waals surface area contributed by atoms with Gasteiger partial charge in [-0.2, -0.15) is 5.26 Å². The number of hydrogen-bond donors (Lipinski definition) is 1. The first-order valence-corrected chi connectivity index (χ1v) is 15.3. The Morgan fingerprint density at radius 2 is 1.74 bits per heavy atom. The van der Waals surface area contributed by atoms with Crippen LogP contribution in [0.25, 0.3) is 10.8 Å². The number of rotatable bonds is 11. The van der Waals surface area contributed by atoms with E-state index in [4.69, 9.17) is 0 Å². The normalized spacial score (nSPS) is 16.6. The number of aliphatic hydroxyl groups is 1. The minimum absolute atomic E-state index is 0.121. The van der Waals surface area contributed by atoms with E-state index >= 15 is 0 Å². The molecular weight excluding hydrogens is 530 g/mol. The molecule has 1 saturated heterocycles. The molecule has 1 fully saturated rings. The van der Waals surface area contributed by atoms with Gasteiger partial charge < -0.3 is 10.0 Å². The van der Waals surface area contributed by atoms with E-state index in [0.717, 1.165) is 65.0 Å². The molecule has 0 spiro atoms. The fourth-order valence-electron chi connectivity index (χ4n) is 6.05. The van der Waals surface area contributed by atoms with Gasteiger partial charge in [0.1, 0.15) is 0 Å². The number of alkyl halides is 2. The van der Waals surface area contributed by atoms with Gasteiger partial charge in [0.2, 0.25) is 0 Å². The lowest BCUT2D eigenvalue weighted by molar-refractivity contribution is 0.0174. The highest BCUT2D eigenvalue weighted by Gasteiger charge is 2.36. The molecular formula is C36H46F2N2O2. The molecule has 2 unspecified atom stereocenters. The predicted octanol–water partition coefficient (Wildman–Crippen LogP) is 8.57. The number of fused-ring (bicyclic) bond motifs is 1. The fraction of sp³-hybridized carbons (Fsp3) is 0.500. The van der Waals surface area contributed by atoms with E-state index < -0.39 is 5.92 Å². The molecule has 0 bridgehead atoms. The maximum atomic E-state index is 12.8. The fourth-order valence-corrected chi connectivity index (χ4v) is 6.05. The summed E-state index contributed by atoms with van der Waals surface area (Å²) in [5.41, 5.74) is 1.51. The molecule has 0 amide bonds. The van der Waals surface area contributed by atoms with Gasteiger partial charge in [0, 0.05) is 30.7 Å². The molecule has 2 atom stereocenters. The Labute approximate surface area is 250 Å². The van der Waals surface area contributed by atoms with Crippen molar-refractivity contribution in [3.05, 3.63) is 83.4 Å². The standard InChI is InChI=1S/C26H36N2O.C10H10F2O/c1-3-26(20-27)15-17-28(18-16-26)25(12-7-19-29)21(2)13-14-23-10-6-9-22-8-4-5-11-24(22)23;1-7(13)8-4-3-5-9(6-8)10(2,11)12/h4-6,8-11,21,25,29H,3,7,12-19H2,1-2H3;3-6H,1-2H3. The van der Waals surface area contributed by atoms with Gasteiger partial charge in [-0.1, -0.05) is 74.5 Å². The van der Waals surface area contributed by atoms with Crippen molar-refractivity contribution in [2.45, 2.75) is 84.6 Å². The van der Waals surface area contributed by atoms with Gasteiger partial charge in [-0.15, -0.1) is 0 Å². The maximum absolute atomic E-state index is 12.8. The van der Waals surface area contributed by atoms with Crippen LogP contribution < -0.4 is 0 Å². The number of hydrogen-bond acceptors (Lipinski definition) is 4. The third kappa shape index (κ3) is 8.93. The van der Waals surface area contributed by atoms with Crippen LogP contribution in [0.5, 0.6) is 0 Å². The summed E-state index contributed by atoms with van der Waals surface area (Å²) < 4.78 is 25.6.